The fourth-order valence-electron chi connectivity index (χ4n) is 3.28. The minimum absolute atomic E-state index is 0.983. The molecule has 0 spiro atoms. The Morgan fingerprint density at radius 3 is 2.73 bits per heavy atom. The average Bonchev–Trinajstić information content (AvgIpc) is 3.23. The number of benzene rings is 1. The van der Waals surface area contributed by atoms with Crippen LogP contribution in [0.2, 0.25) is 0 Å². The van der Waals surface area contributed by atoms with E-state index < -0.39 is 0 Å². The number of thiophene rings is 1. The third-order valence-electron chi connectivity index (χ3n) is 4.58. The third-order valence-corrected chi connectivity index (χ3v) is 5.26. The van der Waals surface area contributed by atoms with Gasteiger partial charge in [0.15, 0.2) is 0 Å². The van der Waals surface area contributed by atoms with Crippen molar-refractivity contribution >= 4 is 22.2 Å². The predicted molar refractivity (Wildman–Crippen MR) is 93.3 cm³/mol. The molecule has 3 nitrogen and oxygen atoms in total. The van der Waals surface area contributed by atoms with Crippen LogP contribution in [0.5, 0.6) is 0 Å². The van der Waals surface area contributed by atoms with E-state index in [-0.39, 0.29) is 0 Å². The summed E-state index contributed by atoms with van der Waals surface area (Å²) in [7, 11) is 0. The SMILES string of the molecule is c1cc(-c2ccc3cnn(CCN4CCCCC4)c3c2)cs1. The maximum absolute atomic E-state index is 4.59. The molecule has 0 bridgehead atoms. The van der Waals surface area contributed by atoms with Crippen molar-refractivity contribution in [2.24, 2.45) is 0 Å². The van der Waals surface area contributed by atoms with Crippen molar-refractivity contribution in [2.45, 2.75) is 25.8 Å². The summed E-state index contributed by atoms with van der Waals surface area (Å²) >= 11 is 1.75. The molecule has 4 heteroatoms. The Kier molecular flexibility index (Phi) is 3.95. The second kappa shape index (κ2) is 6.23. The van der Waals surface area contributed by atoms with Gasteiger partial charge in [0, 0.05) is 11.9 Å². The lowest BCUT2D eigenvalue weighted by Gasteiger charge is -2.26. The highest BCUT2D eigenvalue weighted by molar-refractivity contribution is 7.08. The Hall–Kier alpha value is -1.65. The molecule has 0 saturated carbocycles. The third kappa shape index (κ3) is 2.81. The van der Waals surface area contributed by atoms with Crippen molar-refractivity contribution in [3.8, 4) is 11.1 Å². The van der Waals surface area contributed by atoms with E-state index in [2.05, 4.69) is 49.7 Å². The molecular formula is C18H21N3S. The molecule has 22 heavy (non-hydrogen) atoms. The van der Waals surface area contributed by atoms with Crippen LogP contribution in [0, 0.1) is 0 Å². The number of hydrogen-bond donors (Lipinski definition) is 0. The summed E-state index contributed by atoms with van der Waals surface area (Å²) in [5, 5.41) is 10.2. The summed E-state index contributed by atoms with van der Waals surface area (Å²) in [6.45, 7) is 4.59. The topological polar surface area (TPSA) is 21.1 Å². The molecule has 1 aromatic carbocycles. The standard InChI is InChI=1S/C18H21N3S/c1-2-7-20(8-3-1)9-10-21-18-12-15(17-6-11-22-14-17)4-5-16(18)13-19-21/h4-6,11-14H,1-3,7-10H2. The second-order valence-electron chi connectivity index (χ2n) is 6.06. The fourth-order valence-corrected chi connectivity index (χ4v) is 3.94. The highest BCUT2D eigenvalue weighted by Crippen LogP contribution is 2.26. The van der Waals surface area contributed by atoms with Crippen LogP contribution in [0.1, 0.15) is 19.3 Å². The van der Waals surface area contributed by atoms with Crippen molar-refractivity contribution in [1.29, 1.82) is 0 Å². The van der Waals surface area contributed by atoms with Gasteiger partial charge < -0.3 is 4.90 Å². The van der Waals surface area contributed by atoms with Gasteiger partial charge in [0.05, 0.1) is 18.3 Å². The van der Waals surface area contributed by atoms with Crippen molar-refractivity contribution in [3.63, 3.8) is 0 Å². The molecule has 114 valence electrons. The van der Waals surface area contributed by atoms with Gasteiger partial charge in [-0.25, -0.2) is 0 Å². The van der Waals surface area contributed by atoms with Crippen LogP contribution >= 0.6 is 11.3 Å². The lowest BCUT2D eigenvalue weighted by molar-refractivity contribution is 0.219. The minimum Gasteiger partial charge on any atom is -0.301 e. The number of likely N-dealkylation sites (tertiary alicyclic amines) is 1. The molecule has 0 radical (unpaired) electrons. The van der Waals surface area contributed by atoms with Crippen LogP contribution in [0.4, 0.5) is 0 Å². The van der Waals surface area contributed by atoms with E-state index in [1.165, 1.54) is 54.4 Å². The predicted octanol–water partition coefficient (Wildman–Crippen LogP) is 4.25. The first-order valence-electron chi connectivity index (χ1n) is 8.11. The zero-order chi connectivity index (χ0) is 14.8. The van der Waals surface area contributed by atoms with Crippen LogP contribution in [0.15, 0.2) is 41.2 Å². The summed E-state index contributed by atoms with van der Waals surface area (Å²) in [6, 6.07) is 8.84. The van der Waals surface area contributed by atoms with Gasteiger partial charge in [-0.2, -0.15) is 16.4 Å². The molecular weight excluding hydrogens is 290 g/mol. The van der Waals surface area contributed by atoms with Crippen LogP contribution in [-0.4, -0.2) is 34.3 Å². The lowest BCUT2D eigenvalue weighted by atomic mass is 10.1. The average molecular weight is 311 g/mol. The van der Waals surface area contributed by atoms with Crippen molar-refractivity contribution in [1.82, 2.24) is 14.7 Å². The Bertz CT molecular complexity index is 739. The lowest BCUT2D eigenvalue weighted by Crippen LogP contribution is -2.32. The highest BCUT2D eigenvalue weighted by Gasteiger charge is 2.11. The molecule has 0 aliphatic carbocycles. The number of fused-ring (bicyclic) bond motifs is 1. The number of piperidine rings is 1. The van der Waals surface area contributed by atoms with E-state index in [0.717, 1.165) is 13.1 Å². The van der Waals surface area contributed by atoms with E-state index in [1.807, 2.05) is 6.20 Å². The Balaban J connectivity index is 1.56. The quantitative estimate of drug-likeness (QED) is 0.718. The van der Waals surface area contributed by atoms with E-state index in [1.54, 1.807) is 11.3 Å². The van der Waals surface area contributed by atoms with E-state index in [9.17, 15) is 0 Å². The fraction of sp³-hybridized carbons (Fsp3) is 0.389. The molecule has 1 aliphatic heterocycles. The van der Waals surface area contributed by atoms with Crippen LogP contribution in [-0.2, 0) is 6.54 Å². The summed E-state index contributed by atoms with van der Waals surface area (Å²) in [4.78, 5) is 2.57. The first-order chi connectivity index (χ1) is 10.9. The highest BCUT2D eigenvalue weighted by atomic mass is 32.1. The molecule has 3 aromatic rings. The van der Waals surface area contributed by atoms with Gasteiger partial charge in [-0.05, 0) is 60.0 Å². The zero-order valence-electron chi connectivity index (χ0n) is 12.7. The van der Waals surface area contributed by atoms with E-state index in [0.29, 0.717) is 0 Å². The van der Waals surface area contributed by atoms with Crippen LogP contribution in [0.25, 0.3) is 22.0 Å². The Morgan fingerprint density at radius 1 is 1.00 bits per heavy atom. The molecule has 0 amide bonds. The Morgan fingerprint density at radius 2 is 1.91 bits per heavy atom. The molecule has 4 rings (SSSR count). The number of nitrogens with zero attached hydrogens (tertiary/aromatic N) is 3. The maximum Gasteiger partial charge on any atom is 0.0689 e. The number of rotatable bonds is 4. The smallest absolute Gasteiger partial charge is 0.0689 e. The van der Waals surface area contributed by atoms with Gasteiger partial charge in [0.2, 0.25) is 0 Å². The largest absolute Gasteiger partial charge is 0.301 e. The van der Waals surface area contributed by atoms with Gasteiger partial charge in [0.25, 0.3) is 0 Å². The molecule has 3 heterocycles. The molecule has 0 N–H and O–H groups in total. The molecule has 1 saturated heterocycles. The monoisotopic (exact) mass is 311 g/mol. The summed E-state index contributed by atoms with van der Waals surface area (Å²) < 4.78 is 2.17. The maximum atomic E-state index is 4.59. The van der Waals surface area contributed by atoms with Crippen LogP contribution < -0.4 is 0 Å². The van der Waals surface area contributed by atoms with Crippen molar-refractivity contribution < 1.29 is 0 Å². The second-order valence-corrected chi connectivity index (χ2v) is 6.84. The van der Waals surface area contributed by atoms with Gasteiger partial charge >= 0.3 is 0 Å². The first-order valence-corrected chi connectivity index (χ1v) is 9.05. The van der Waals surface area contributed by atoms with Gasteiger partial charge in [0.1, 0.15) is 0 Å². The molecule has 1 aliphatic rings. The van der Waals surface area contributed by atoms with Crippen molar-refractivity contribution in [2.75, 3.05) is 19.6 Å². The number of aromatic nitrogens is 2. The van der Waals surface area contributed by atoms with Crippen molar-refractivity contribution in [3.05, 3.63) is 41.2 Å². The minimum atomic E-state index is 0.983. The normalized spacial score (nSPS) is 16.4. The zero-order valence-corrected chi connectivity index (χ0v) is 13.6. The molecule has 0 atom stereocenters. The van der Waals surface area contributed by atoms with Gasteiger partial charge in [-0.15, -0.1) is 0 Å². The summed E-state index contributed by atoms with van der Waals surface area (Å²) in [6.07, 6.45) is 6.08. The molecule has 2 aromatic heterocycles. The number of hydrogen-bond acceptors (Lipinski definition) is 3. The Labute approximate surface area is 135 Å². The van der Waals surface area contributed by atoms with Gasteiger partial charge in [-0.1, -0.05) is 18.6 Å². The summed E-state index contributed by atoms with van der Waals surface area (Å²) in [5.41, 5.74) is 3.84. The van der Waals surface area contributed by atoms with E-state index in [4.69, 9.17) is 0 Å². The summed E-state index contributed by atoms with van der Waals surface area (Å²) in [5.74, 6) is 0. The first kappa shape index (κ1) is 14.0. The van der Waals surface area contributed by atoms with E-state index >= 15 is 0 Å². The molecule has 1 fully saturated rings. The van der Waals surface area contributed by atoms with Crippen LogP contribution in [0.3, 0.4) is 0 Å². The van der Waals surface area contributed by atoms with Gasteiger partial charge in [-0.3, -0.25) is 4.68 Å². The molecule has 0 unspecified atom stereocenters.